The van der Waals surface area contributed by atoms with Crippen LogP contribution in [0.2, 0.25) is 0 Å². The van der Waals surface area contributed by atoms with Gasteiger partial charge in [0.05, 0.1) is 5.52 Å². The summed E-state index contributed by atoms with van der Waals surface area (Å²) in [6.45, 7) is 4.89. The van der Waals surface area contributed by atoms with E-state index in [0.717, 1.165) is 60.8 Å². The Bertz CT molecular complexity index is 1050. The normalized spacial score (nSPS) is 17.7. The number of nitrogens with zero attached hydrogens (tertiary/aromatic N) is 4. The van der Waals surface area contributed by atoms with Gasteiger partial charge in [-0.25, -0.2) is 15.0 Å². The predicted molar refractivity (Wildman–Crippen MR) is 123 cm³/mol. The first-order chi connectivity index (χ1) is 14.9. The van der Waals surface area contributed by atoms with Crippen LogP contribution in [-0.4, -0.2) is 47.7 Å². The summed E-state index contributed by atoms with van der Waals surface area (Å²) in [5.41, 5.74) is 4.55. The topological polar surface area (TPSA) is 66.0 Å². The van der Waals surface area contributed by atoms with Crippen molar-refractivity contribution in [3.63, 3.8) is 0 Å². The molecule has 0 aliphatic carbocycles. The predicted octanol–water partition coefficient (Wildman–Crippen LogP) is 3.85. The number of benzene rings is 1. The van der Waals surface area contributed by atoms with E-state index in [1.807, 2.05) is 12.3 Å². The van der Waals surface area contributed by atoms with Crippen molar-refractivity contribution in [2.24, 2.45) is 0 Å². The second kappa shape index (κ2) is 8.79. The van der Waals surface area contributed by atoms with Crippen molar-refractivity contribution in [2.75, 3.05) is 42.9 Å². The summed E-state index contributed by atoms with van der Waals surface area (Å²) in [6, 6.07) is 10.7. The molecule has 0 unspecified atom stereocenters. The highest BCUT2D eigenvalue weighted by molar-refractivity contribution is 5.95. The highest BCUT2D eigenvalue weighted by atomic mass is 15.2. The highest BCUT2D eigenvalue weighted by Gasteiger charge is 2.17. The molecule has 0 radical (unpaired) electrons. The van der Waals surface area contributed by atoms with Crippen LogP contribution in [0.15, 0.2) is 48.9 Å². The average molecular weight is 401 g/mol. The zero-order valence-corrected chi connectivity index (χ0v) is 17.3. The van der Waals surface area contributed by atoms with Crippen LogP contribution in [-0.2, 0) is 0 Å². The summed E-state index contributed by atoms with van der Waals surface area (Å²) < 4.78 is 0. The van der Waals surface area contributed by atoms with Crippen LogP contribution in [0.4, 0.5) is 11.6 Å². The smallest absolute Gasteiger partial charge is 0.139 e. The van der Waals surface area contributed by atoms with Crippen LogP contribution >= 0.6 is 0 Å². The van der Waals surface area contributed by atoms with E-state index >= 15 is 0 Å². The molecular formula is C24H28N6. The molecule has 0 bridgehead atoms. The molecule has 5 rings (SSSR count). The maximum atomic E-state index is 4.73. The molecule has 0 amide bonds. The number of hydrogen-bond acceptors (Lipinski definition) is 6. The Balaban J connectivity index is 1.53. The number of fused-ring (bicyclic) bond motifs is 2. The van der Waals surface area contributed by atoms with Crippen LogP contribution in [0.3, 0.4) is 0 Å². The molecule has 6 heteroatoms. The molecule has 6 nitrogen and oxygen atoms in total. The molecular weight excluding hydrogens is 372 g/mol. The van der Waals surface area contributed by atoms with Gasteiger partial charge in [0, 0.05) is 43.3 Å². The van der Waals surface area contributed by atoms with Gasteiger partial charge in [-0.15, -0.1) is 0 Å². The van der Waals surface area contributed by atoms with Gasteiger partial charge in [-0.05, 0) is 54.8 Å². The quantitative estimate of drug-likeness (QED) is 0.681. The van der Waals surface area contributed by atoms with E-state index in [0.29, 0.717) is 0 Å². The number of nitrogens with one attached hydrogen (secondary N) is 2. The maximum absolute atomic E-state index is 4.73. The minimum Gasteiger partial charge on any atom is -0.366 e. The Morgan fingerprint density at radius 3 is 2.87 bits per heavy atom. The van der Waals surface area contributed by atoms with E-state index in [2.05, 4.69) is 55.8 Å². The van der Waals surface area contributed by atoms with Crippen molar-refractivity contribution in [3.05, 3.63) is 60.1 Å². The number of aromatic nitrogens is 3. The molecule has 1 fully saturated rings. The van der Waals surface area contributed by atoms with Gasteiger partial charge in [-0.2, -0.15) is 0 Å². The summed E-state index contributed by atoms with van der Waals surface area (Å²) >= 11 is 0. The van der Waals surface area contributed by atoms with Gasteiger partial charge in [-0.1, -0.05) is 25.0 Å². The number of pyridine rings is 1. The molecule has 4 heterocycles. The van der Waals surface area contributed by atoms with Gasteiger partial charge in [-0.3, -0.25) is 0 Å². The van der Waals surface area contributed by atoms with Crippen LogP contribution in [0.1, 0.15) is 36.8 Å². The van der Waals surface area contributed by atoms with Crippen LogP contribution < -0.4 is 15.5 Å². The zero-order valence-electron chi connectivity index (χ0n) is 17.3. The van der Waals surface area contributed by atoms with Crippen molar-refractivity contribution in [3.8, 4) is 0 Å². The van der Waals surface area contributed by atoms with Crippen LogP contribution in [0, 0.1) is 0 Å². The van der Waals surface area contributed by atoms with Gasteiger partial charge < -0.3 is 15.5 Å². The summed E-state index contributed by atoms with van der Waals surface area (Å²) in [7, 11) is 0. The third kappa shape index (κ3) is 3.87. The van der Waals surface area contributed by atoms with E-state index in [9.17, 15) is 0 Å². The van der Waals surface area contributed by atoms with E-state index < -0.39 is 0 Å². The molecule has 3 aromatic rings. The Morgan fingerprint density at radius 1 is 0.900 bits per heavy atom. The fourth-order valence-corrected chi connectivity index (χ4v) is 4.43. The molecule has 2 aliphatic rings. The van der Waals surface area contributed by atoms with Gasteiger partial charge in [0.1, 0.15) is 18.0 Å². The molecule has 1 aromatic carbocycles. The lowest BCUT2D eigenvalue weighted by atomic mass is 9.95. The van der Waals surface area contributed by atoms with E-state index in [4.69, 9.17) is 4.98 Å². The van der Waals surface area contributed by atoms with Crippen molar-refractivity contribution >= 4 is 28.1 Å². The fraction of sp³-hybridized carbons (Fsp3) is 0.375. The standard InChI is InChI=1S/C24H28N6/c1-2-4-14-30(15-13-25-10-3-1)24-21-16-18(7-8-22(21)28-17-29-24)19-9-12-27-23-20(19)6-5-11-26-23/h5-9,11,16-17,25H,1-4,10,12-15H2,(H,26,27). The third-order valence-corrected chi connectivity index (χ3v) is 5.99. The zero-order chi connectivity index (χ0) is 20.2. The number of rotatable bonds is 2. The van der Waals surface area contributed by atoms with Gasteiger partial charge in [0.25, 0.3) is 0 Å². The lowest BCUT2D eigenvalue weighted by molar-refractivity contribution is 0.551. The summed E-state index contributed by atoms with van der Waals surface area (Å²) in [5, 5.41) is 8.05. The molecule has 0 atom stereocenters. The van der Waals surface area contributed by atoms with Crippen LogP contribution in [0.5, 0.6) is 0 Å². The number of anilines is 2. The van der Waals surface area contributed by atoms with E-state index in [-0.39, 0.29) is 0 Å². The van der Waals surface area contributed by atoms with Gasteiger partial charge in [0.15, 0.2) is 0 Å². The van der Waals surface area contributed by atoms with Gasteiger partial charge >= 0.3 is 0 Å². The molecule has 0 saturated carbocycles. The Hall–Kier alpha value is -2.99. The molecule has 2 aliphatic heterocycles. The van der Waals surface area contributed by atoms with Crippen molar-refractivity contribution in [2.45, 2.75) is 25.7 Å². The average Bonchev–Trinajstić information content (AvgIpc) is 2.81. The lowest BCUT2D eigenvalue weighted by Gasteiger charge is -2.26. The summed E-state index contributed by atoms with van der Waals surface area (Å²) in [5.74, 6) is 1.99. The fourth-order valence-electron chi connectivity index (χ4n) is 4.43. The first-order valence-electron chi connectivity index (χ1n) is 11.0. The largest absolute Gasteiger partial charge is 0.366 e. The summed E-state index contributed by atoms with van der Waals surface area (Å²) in [4.78, 5) is 16.2. The minimum atomic E-state index is 0.785. The molecule has 30 heavy (non-hydrogen) atoms. The second-order valence-corrected chi connectivity index (χ2v) is 7.98. The monoisotopic (exact) mass is 400 g/mol. The Morgan fingerprint density at radius 2 is 1.87 bits per heavy atom. The molecule has 0 spiro atoms. The van der Waals surface area contributed by atoms with E-state index in [1.165, 1.54) is 36.8 Å². The van der Waals surface area contributed by atoms with Gasteiger partial charge in [0.2, 0.25) is 0 Å². The SMILES string of the molecule is C1=C(c2ccc3ncnc(N4CCCCCCNCC4)c3c2)c2cccnc2NC1. The van der Waals surface area contributed by atoms with Crippen LogP contribution in [0.25, 0.3) is 16.5 Å². The molecule has 154 valence electrons. The highest BCUT2D eigenvalue weighted by Crippen LogP contribution is 2.33. The minimum absolute atomic E-state index is 0.785. The molecule has 2 aromatic heterocycles. The van der Waals surface area contributed by atoms with Crippen molar-refractivity contribution in [1.29, 1.82) is 0 Å². The maximum Gasteiger partial charge on any atom is 0.139 e. The Kier molecular flexibility index (Phi) is 5.57. The molecule has 1 saturated heterocycles. The first-order valence-corrected chi connectivity index (χ1v) is 11.0. The van der Waals surface area contributed by atoms with Crippen molar-refractivity contribution in [1.82, 2.24) is 20.3 Å². The van der Waals surface area contributed by atoms with Crippen molar-refractivity contribution < 1.29 is 0 Å². The lowest BCUT2D eigenvalue weighted by Crippen LogP contribution is -2.34. The first kappa shape index (κ1) is 19.0. The summed E-state index contributed by atoms with van der Waals surface area (Å²) in [6.07, 6.45) is 10.8. The van der Waals surface area contributed by atoms with E-state index in [1.54, 1.807) is 6.33 Å². The second-order valence-electron chi connectivity index (χ2n) is 7.98. The molecule has 2 N–H and O–H groups in total. The number of hydrogen-bond donors (Lipinski definition) is 2. The third-order valence-electron chi connectivity index (χ3n) is 5.99. The Labute approximate surface area is 177 Å².